The number of benzene rings is 1. The van der Waals surface area contributed by atoms with Gasteiger partial charge < -0.3 is 15.7 Å². The van der Waals surface area contributed by atoms with Crippen molar-refractivity contribution in [3.8, 4) is 0 Å². The van der Waals surface area contributed by atoms with Crippen LogP contribution in [0.5, 0.6) is 0 Å². The highest BCUT2D eigenvalue weighted by atomic mass is 16.4. The summed E-state index contributed by atoms with van der Waals surface area (Å²) in [5.41, 5.74) is -0.132. The minimum Gasteiger partial charge on any atom is -0.480 e. The number of amides is 2. The maximum Gasteiger partial charge on any atom is 0.319 e. The summed E-state index contributed by atoms with van der Waals surface area (Å²) in [6.07, 6.45) is 0.746. The molecule has 6 nitrogen and oxygen atoms in total. The molecule has 0 spiro atoms. The molecule has 0 unspecified atom stereocenters. The van der Waals surface area contributed by atoms with E-state index in [9.17, 15) is 14.4 Å². The lowest BCUT2D eigenvalue weighted by Gasteiger charge is -2.11. The zero-order chi connectivity index (χ0) is 14.0. The second kappa shape index (κ2) is 4.72. The van der Waals surface area contributed by atoms with E-state index in [-0.39, 0.29) is 5.91 Å². The lowest BCUT2D eigenvalue weighted by atomic mass is 10.1. The van der Waals surface area contributed by atoms with Crippen LogP contribution >= 0.6 is 0 Å². The second-order valence-corrected chi connectivity index (χ2v) is 4.60. The van der Waals surface area contributed by atoms with Gasteiger partial charge in [0, 0.05) is 18.3 Å². The highest BCUT2D eigenvalue weighted by Gasteiger charge is 2.57. The van der Waals surface area contributed by atoms with Gasteiger partial charge in [0.15, 0.2) is 0 Å². The lowest BCUT2D eigenvalue weighted by molar-refractivity contribution is -0.147. The molecule has 1 aliphatic rings. The van der Waals surface area contributed by atoms with Gasteiger partial charge in [0.2, 0.25) is 11.8 Å². The number of carboxylic acid groups (broad SMARTS) is 1. The van der Waals surface area contributed by atoms with Crippen molar-refractivity contribution in [1.29, 1.82) is 0 Å². The number of carboxylic acids is 1. The van der Waals surface area contributed by atoms with Gasteiger partial charge in [-0.25, -0.2) is 0 Å². The van der Waals surface area contributed by atoms with Crippen LogP contribution in [0.15, 0.2) is 24.3 Å². The predicted octanol–water partition coefficient (Wildman–Crippen LogP) is 1.45. The Morgan fingerprint density at radius 3 is 1.89 bits per heavy atom. The molecule has 0 heterocycles. The summed E-state index contributed by atoms with van der Waals surface area (Å²) in [5.74, 6) is -1.76. The van der Waals surface area contributed by atoms with Crippen molar-refractivity contribution in [2.24, 2.45) is 5.41 Å². The van der Waals surface area contributed by atoms with Gasteiger partial charge in [0.05, 0.1) is 0 Å². The first-order valence-corrected chi connectivity index (χ1v) is 5.86. The molecule has 100 valence electrons. The van der Waals surface area contributed by atoms with E-state index in [1.54, 1.807) is 24.3 Å². The number of nitrogens with one attached hydrogen (secondary N) is 2. The molecule has 1 aromatic rings. The predicted molar refractivity (Wildman–Crippen MR) is 68.7 cm³/mol. The van der Waals surface area contributed by atoms with Crippen LogP contribution in [0.25, 0.3) is 0 Å². The number of carbonyl (C=O) groups is 3. The molecule has 0 aromatic heterocycles. The third kappa shape index (κ3) is 2.73. The van der Waals surface area contributed by atoms with Gasteiger partial charge in [-0.15, -0.1) is 0 Å². The summed E-state index contributed by atoms with van der Waals surface area (Å²) in [6, 6.07) is 6.50. The van der Waals surface area contributed by atoms with E-state index < -0.39 is 17.3 Å². The van der Waals surface area contributed by atoms with Gasteiger partial charge in [0.25, 0.3) is 0 Å². The van der Waals surface area contributed by atoms with Crippen LogP contribution in [0.3, 0.4) is 0 Å². The van der Waals surface area contributed by atoms with Crippen LogP contribution in [0.4, 0.5) is 11.4 Å². The van der Waals surface area contributed by atoms with E-state index in [0.29, 0.717) is 24.2 Å². The van der Waals surface area contributed by atoms with Crippen LogP contribution in [0.2, 0.25) is 0 Å². The van der Waals surface area contributed by atoms with Gasteiger partial charge >= 0.3 is 5.97 Å². The van der Waals surface area contributed by atoms with Crippen molar-refractivity contribution in [3.05, 3.63) is 24.3 Å². The smallest absolute Gasteiger partial charge is 0.319 e. The molecule has 0 radical (unpaired) electrons. The van der Waals surface area contributed by atoms with Crippen molar-refractivity contribution in [2.75, 3.05) is 10.6 Å². The van der Waals surface area contributed by atoms with E-state index in [2.05, 4.69) is 10.6 Å². The average Bonchev–Trinajstić information content (AvgIpc) is 3.12. The monoisotopic (exact) mass is 262 g/mol. The zero-order valence-electron chi connectivity index (χ0n) is 10.4. The van der Waals surface area contributed by atoms with E-state index in [1.165, 1.54) is 6.92 Å². The van der Waals surface area contributed by atoms with Gasteiger partial charge in [0.1, 0.15) is 5.41 Å². The number of rotatable bonds is 4. The first-order valence-electron chi connectivity index (χ1n) is 5.86. The second-order valence-electron chi connectivity index (χ2n) is 4.60. The van der Waals surface area contributed by atoms with Gasteiger partial charge in [-0.1, -0.05) is 0 Å². The number of anilines is 2. The maximum absolute atomic E-state index is 11.8. The number of aliphatic carboxylic acids is 1. The fraction of sp³-hybridized carbons (Fsp3) is 0.308. The van der Waals surface area contributed by atoms with Gasteiger partial charge in [-0.3, -0.25) is 14.4 Å². The molecule has 1 aromatic carbocycles. The van der Waals surface area contributed by atoms with Crippen molar-refractivity contribution >= 4 is 29.2 Å². The summed E-state index contributed by atoms with van der Waals surface area (Å²) < 4.78 is 0. The molecule has 0 atom stereocenters. The third-order valence-electron chi connectivity index (χ3n) is 3.06. The highest BCUT2D eigenvalue weighted by molar-refractivity contribution is 6.10. The van der Waals surface area contributed by atoms with Crippen molar-refractivity contribution in [1.82, 2.24) is 0 Å². The topological polar surface area (TPSA) is 95.5 Å². The quantitative estimate of drug-likeness (QED) is 0.715. The van der Waals surface area contributed by atoms with Crippen molar-refractivity contribution < 1.29 is 19.5 Å². The Labute approximate surface area is 109 Å². The van der Waals surface area contributed by atoms with Crippen LogP contribution < -0.4 is 10.6 Å². The average molecular weight is 262 g/mol. The minimum atomic E-state index is -1.25. The SMILES string of the molecule is CC(=O)Nc1ccc(NC(=O)C2(C(=O)O)CC2)cc1. The molecular weight excluding hydrogens is 248 g/mol. The third-order valence-corrected chi connectivity index (χ3v) is 3.06. The molecule has 1 aliphatic carbocycles. The Morgan fingerprint density at radius 1 is 1.05 bits per heavy atom. The Balaban J connectivity index is 2.02. The highest BCUT2D eigenvalue weighted by Crippen LogP contribution is 2.46. The van der Waals surface area contributed by atoms with Gasteiger partial charge in [-0.05, 0) is 37.1 Å². The van der Waals surface area contributed by atoms with E-state index >= 15 is 0 Å². The molecule has 1 fully saturated rings. The molecule has 6 heteroatoms. The fourth-order valence-electron chi connectivity index (χ4n) is 1.75. The molecule has 0 bridgehead atoms. The van der Waals surface area contributed by atoms with E-state index in [0.717, 1.165) is 0 Å². The first kappa shape index (κ1) is 13.1. The number of hydrogen-bond donors (Lipinski definition) is 3. The lowest BCUT2D eigenvalue weighted by Crippen LogP contribution is -2.31. The summed E-state index contributed by atoms with van der Waals surface area (Å²) >= 11 is 0. The Hall–Kier alpha value is -2.37. The Kier molecular flexibility index (Phi) is 3.25. The normalized spacial score (nSPS) is 15.4. The van der Waals surface area contributed by atoms with E-state index in [1.807, 2.05) is 0 Å². The standard InChI is InChI=1S/C13H14N2O4/c1-8(16)14-9-2-4-10(5-3-9)15-11(17)13(6-7-13)12(18)19/h2-5H,6-7H2,1H3,(H,14,16)(H,15,17)(H,18,19). The Morgan fingerprint density at radius 2 is 1.53 bits per heavy atom. The van der Waals surface area contributed by atoms with Crippen LogP contribution in [0.1, 0.15) is 19.8 Å². The summed E-state index contributed by atoms with van der Waals surface area (Å²) in [7, 11) is 0. The first-order chi connectivity index (χ1) is 8.94. The molecular formula is C13H14N2O4. The summed E-state index contributed by atoms with van der Waals surface area (Å²) in [5, 5.41) is 14.2. The molecule has 19 heavy (non-hydrogen) atoms. The Bertz CT molecular complexity index is 532. The minimum absolute atomic E-state index is 0.181. The van der Waals surface area contributed by atoms with Gasteiger partial charge in [-0.2, -0.15) is 0 Å². The summed E-state index contributed by atoms with van der Waals surface area (Å²) in [4.78, 5) is 33.7. The van der Waals surface area contributed by atoms with Crippen LogP contribution in [0, 0.1) is 5.41 Å². The summed E-state index contributed by atoms with van der Waals surface area (Å²) in [6.45, 7) is 1.40. The number of carbonyl (C=O) groups excluding carboxylic acids is 2. The van der Waals surface area contributed by atoms with Crippen molar-refractivity contribution in [2.45, 2.75) is 19.8 Å². The molecule has 1 saturated carbocycles. The number of hydrogen-bond acceptors (Lipinski definition) is 3. The molecule has 2 rings (SSSR count). The maximum atomic E-state index is 11.8. The van der Waals surface area contributed by atoms with Crippen LogP contribution in [-0.2, 0) is 14.4 Å². The van der Waals surface area contributed by atoms with Crippen LogP contribution in [-0.4, -0.2) is 22.9 Å². The molecule has 3 N–H and O–H groups in total. The van der Waals surface area contributed by atoms with E-state index in [4.69, 9.17) is 5.11 Å². The fourth-order valence-corrected chi connectivity index (χ4v) is 1.75. The molecule has 0 aliphatic heterocycles. The molecule has 0 saturated heterocycles. The zero-order valence-corrected chi connectivity index (χ0v) is 10.4. The van der Waals surface area contributed by atoms with Crippen molar-refractivity contribution in [3.63, 3.8) is 0 Å². The molecule has 2 amide bonds. The largest absolute Gasteiger partial charge is 0.480 e.